The molecule has 0 aliphatic heterocycles. The minimum Gasteiger partial charge on any atom is -0.396 e. The van der Waals surface area contributed by atoms with Crippen molar-refractivity contribution >= 4 is 28.3 Å². The first kappa shape index (κ1) is 12.2. The van der Waals surface area contributed by atoms with Gasteiger partial charge in [0.15, 0.2) is 0 Å². The van der Waals surface area contributed by atoms with Crippen LogP contribution in [0.5, 0.6) is 0 Å². The fourth-order valence-corrected chi connectivity index (χ4v) is 2.21. The van der Waals surface area contributed by atoms with Crippen molar-refractivity contribution in [3.63, 3.8) is 0 Å². The number of nitrogens with two attached hydrogens (primary N) is 1. The largest absolute Gasteiger partial charge is 0.396 e. The van der Waals surface area contributed by atoms with Gasteiger partial charge < -0.3 is 5.73 Å². The number of halogens is 1. The summed E-state index contributed by atoms with van der Waals surface area (Å²) >= 11 is 2.28. The lowest BCUT2D eigenvalue weighted by Gasteiger charge is -2.00. The van der Waals surface area contributed by atoms with Crippen LogP contribution in [0.2, 0.25) is 0 Å². The fourth-order valence-electron chi connectivity index (χ4n) is 1.85. The third-order valence-corrected chi connectivity index (χ3v) is 3.51. The number of nitrogens with zero attached hydrogens (tertiary/aromatic N) is 3. The minimum atomic E-state index is 0.665. The summed E-state index contributed by atoms with van der Waals surface area (Å²) in [5, 5.41) is 4.54. The van der Waals surface area contributed by atoms with E-state index in [1.54, 1.807) is 17.1 Å². The van der Waals surface area contributed by atoms with E-state index in [0.717, 1.165) is 16.9 Å². The van der Waals surface area contributed by atoms with Crippen molar-refractivity contribution in [1.82, 2.24) is 14.8 Å². The van der Waals surface area contributed by atoms with E-state index < -0.39 is 0 Å². The average molecular weight is 362 g/mol. The van der Waals surface area contributed by atoms with Crippen molar-refractivity contribution in [3.05, 3.63) is 58.6 Å². The highest BCUT2D eigenvalue weighted by Gasteiger charge is 2.09. The second kappa shape index (κ2) is 5.00. The van der Waals surface area contributed by atoms with E-state index in [1.807, 2.05) is 42.6 Å². The van der Waals surface area contributed by atoms with E-state index in [2.05, 4.69) is 32.7 Å². The molecule has 4 nitrogen and oxygen atoms in total. The summed E-state index contributed by atoms with van der Waals surface area (Å²) in [6.07, 6.45) is 5.29. The van der Waals surface area contributed by atoms with Gasteiger partial charge in [0.25, 0.3) is 0 Å². The maximum Gasteiger partial charge on any atom is 0.116 e. The van der Waals surface area contributed by atoms with Crippen molar-refractivity contribution in [1.29, 1.82) is 0 Å². The van der Waals surface area contributed by atoms with Crippen LogP contribution in [0.15, 0.2) is 55.0 Å². The summed E-state index contributed by atoms with van der Waals surface area (Å²) in [6.45, 7) is 0. The predicted octanol–water partition coefficient (Wildman–Crippen LogP) is 3.12. The Balaban J connectivity index is 2.05. The molecule has 0 amide bonds. The van der Waals surface area contributed by atoms with Crippen LogP contribution in [0.1, 0.15) is 0 Å². The van der Waals surface area contributed by atoms with Crippen LogP contribution in [0, 0.1) is 3.57 Å². The first-order valence-electron chi connectivity index (χ1n) is 5.75. The Kier molecular flexibility index (Phi) is 3.20. The Hall–Kier alpha value is -1.89. The van der Waals surface area contributed by atoms with Crippen molar-refractivity contribution in [2.45, 2.75) is 0 Å². The van der Waals surface area contributed by atoms with Gasteiger partial charge in [-0.2, -0.15) is 5.10 Å². The number of pyridine rings is 1. The maximum absolute atomic E-state index is 6.05. The van der Waals surface area contributed by atoms with Gasteiger partial charge >= 0.3 is 0 Å². The van der Waals surface area contributed by atoms with Gasteiger partial charge in [0.05, 0.1) is 17.6 Å². The predicted molar refractivity (Wildman–Crippen MR) is 83.9 cm³/mol. The number of aromatic nitrogens is 3. The normalized spacial score (nSPS) is 10.6. The second-order valence-corrected chi connectivity index (χ2v) is 5.34. The zero-order valence-corrected chi connectivity index (χ0v) is 12.2. The van der Waals surface area contributed by atoms with Gasteiger partial charge in [0.1, 0.15) is 5.69 Å². The number of rotatable bonds is 2. The molecule has 3 rings (SSSR count). The van der Waals surface area contributed by atoms with Crippen LogP contribution in [0.4, 0.5) is 5.69 Å². The molecule has 0 spiro atoms. The molecule has 0 saturated heterocycles. The molecule has 1 aromatic carbocycles. The van der Waals surface area contributed by atoms with Crippen LogP contribution < -0.4 is 5.73 Å². The second-order valence-electron chi connectivity index (χ2n) is 4.09. The van der Waals surface area contributed by atoms with E-state index in [9.17, 15) is 0 Å². The molecule has 2 N–H and O–H groups in total. The molecular weight excluding hydrogens is 351 g/mol. The molecule has 0 bridgehead atoms. The third kappa shape index (κ3) is 2.46. The van der Waals surface area contributed by atoms with Crippen molar-refractivity contribution in [2.75, 3.05) is 5.73 Å². The van der Waals surface area contributed by atoms with Crippen LogP contribution in [0.25, 0.3) is 16.9 Å². The lowest BCUT2D eigenvalue weighted by atomic mass is 10.1. The number of nitrogen functional groups attached to an aromatic ring is 1. The lowest BCUT2D eigenvalue weighted by molar-refractivity contribution is 0.881. The smallest absolute Gasteiger partial charge is 0.116 e. The Bertz CT molecular complexity index is 689. The van der Waals surface area contributed by atoms with E-state index in [4.69, 9.17) is 5.73 Å². The standard InChI is InChI=1S/C14H11IN4/c15-11-3-1-10(2-4-11)14-13(16)9-19(18-14)12-5-7-17-8-6-12/h1-9H,16H2. The maximum atomic E-state index is 6.05. The van der Waals surface area contributed by atoms with Gasteiger partial charge in [0.2, 0.25) is 0 Å². The van der Waals surface area contributed by atoms with Crippen LogP contribution >= 0.6 is 22.6 Å². The van der Waals surface area contributed by atoms with E-state index in [1.165, 1.54) is 3.57 Å². The Morgan fingerprint density at radius 1 is 1.00 bits per heavy atom. The molecule has 0 aliphatic carbocycles. The first-order chi connectivity index (χ1) is 9.24. The monoisotopic (exact) mass is 362 g/mol. The summed E-state index contributed by atoms with van der Waals surface area (Å²) in [5.41, 5.74) is 9.47. The number of hydrogen-bond donors (Lipinski definition) is 1. The Morgan fingerprint density at radius 2 is 1.68 bits per heavy atom. The van der Waals surface area contributed by atoms with Gasteiger partial charge in [-0.05, 0) is 46.9 Å². The number of anilines is 1. The molecule has 5 heteroatoms. The lowest BCUT2D eigenvalue weighted by Crippen LogP contribution is -1.94. The quantitative estimate of drug-likeness (QED) is 0.713. The van der Waals surface area contributed by atoms with Gasteiger partial charge in [-0.25, -0.2) is 4.68 Å². The average Bonchev–Trinajstić information content (AvgIpc) is 2.83. The highest BCUT2D eigenvalue weighted by Crippen LogP contribution is 2.25. The van der Waals surface area contributed by atoms with Gasteiger partial charge in [-0.1, -0.05) is 12.1 Å². The van der Waals surface area contributed by atoms with Gasteiger partial charge in [-0.15, -0.1) is 0 Å². The molecule has 0 aliphatic rings. The first-order valence-corrected chi connectivity index (χ1v) is 6.83. The molecule has 3 aromatic rings. The summed E-state index contributed by atoms with van der Waals surface area (Å²) in [6, 6.07) is 11.9. The molecule has 19 heavy (non-hydrogen) atoms. The molecule has 2 aromatic heterocycles. The SMILES string of the molecule is Nc1cn(-c2ccncc2)nc1-c1ccc(I)cc1. The molecule has 0 fully saturated rings. The van der Waals surface area contributed by atoms with E-state index >= 15 is 0 Å². The van der Waals surface area contributed by atoms with Gasteiger partial charge in [0, 0.05) is 21.5 Å². The zero-order valence-electron chi connectivity index (χ0n) is 9.99. The van der Waals surface area contributed by atoms with E-state index in [0.29, 0.717) is 5.69 Å². The van der Waals surface area contributed by atoms with Crippen LogP contribution in [-0.4, -0.2) is 14.8 Å². The Labute approximate surface area is 124 Å². The zero-order chi connectivity index (χ0) is 13.2. The van der Waals surface area contributed by atoms with Crippen LogP contribution in [0.3, 0.4) is 0 Å². The van der Waals surface area contributed by atoms with Crippen molar-refractivity contribution < 1.29 is 0 Å². The van der Waals surface area contributed by atoms with Gasteiger partial charge in [-0.3, -0.25) is 4.98 Å². The number of hydrogen-bond acceptors (Lipinski definition) is 3. The topological polar surface area (TPSA) is 56.7 Å². The summed E-state index contributed by atoms with van der Waals surface area (Å²) < 4.78 is 2.96. The molecule has 94 valence electrons. The van der Waals surface area contributed by atoms with Crippen molar-refractivity contribution in [2.24, 2.45) is 0 Å². The molecule has 0 saturated carbocycles. The molecular formula is C14H11IN4. The fraction of sp³-hybridized carbons (Fsp3) is 0. The molecule has 0 radical (unpaired) electrons. The summed E-state index contributed by atoms with van der Waals surface area (Å²) in [4.78, 5) is 3.99. The highest BCUT2D eigenvalue weighted by molar-refractivity contribution is 14.1. The molecule has 0 unspecified atom stereocenters. The van der Waals surface area contributed by atoms with E-state index in [-0.39, 0.29) is 0 Å². The van der Waals surface area contributed by atoms with Crippen LogP contribution in [-0.2, 0) is 0 Å². The van der Waals surface area contributed by atoms with Crippen molar-refractivity contribution in [3.8, 4) is 16.9 Å². The highest BCUT2D eigenvalue weighted by atomic mass is 127. The molecule has 2 heterocycles. The Morgan fingerprint density at radius 3 is 2.37 bits per heavy atom. The number of benzene rings is 1. The summed E-state index contributed by atoms with van der Waals surface area (Å²) in [7, 11) is 0. The molecule has 0 atom stereocenters. The summed E-state index contributed by atoms with van der Waals surface area (Å²) in [5.74, 6) is 0. The minimum absolute atomic E-state index is 0.665. The third-order valence-electron chi connectivity index (χ3n) is 2.79.